The van der Waals surface area contributed by atoms with Crippen LogP contribution >= 0.6 is 0 Å². The molecule has 0 radical (unpaired) electrons. The minimum absolute atomic E-state index is 0.565. The van der Waals surface area contributed by atoms with Crippen LogP contribution in [0.25, 0.3) is 111 Å². The lowest BCUT2D eigenvalue weighted by Gasteiger charge is -2.13. The Balaban J connectivity index is 1.11. The predicted molar refractivity (Wildman–Crippen MR) is 234 cm³/mol. The number of aromatic nitrogens is 7. The van der Waals surface area contributed by atoms with Gasteiger partial charge in [-0.25, -0.2) is 24.9 Å². The standard InChI is InChI=1S/C51H31N7/c1-3-10-36(11-4-1)49-56-50(37-12-5-2-6-13-37)58-51(57-49)42-30-40(29-41(31-42)44-25-23-35-21-19-33-17-9-27-53-46(33)48(35)55-44)38-14-7-15-39(28-38)43-24-22-34-20-18-32-16-8-26-52-45(32)47(34)54-43/h1-31H. The lowest BCUT2D eigenvalue weighted by molar-refractivity contribution is 1.07. The molecule has 11 rings (SSSR count). The van der Waals surface area contributed by atoms with Crippen LogP contribution in [0.4, 0.5) is 0 Å². The van der Waals surface area contributed by atoms with Gasteiger partial charge in [-0.2, -0.15) is 0 Å². The molecule has 0 fully saturated rings. The van der Waals surface area contributed by atoms with E-state index >= 15 is 0 Å². The van der Waals surface area contributed by atoms with Crippen molar-refractivity contribution in [3.63, 3.8) is 0 Å². The summed E-state index contributed by atoms with van der Waals surface area (Å²) in [5, 5.41) is 4.19. The molecular formula is C51H31N7. The first-order chi connectivity index (χ1) is 28.7. The summed E-state index contributed by atoms with van der Waals surface area (Å²) in [6.07, 6.45) is 3.64. The Morgan fingerprint density at radius 2 is 0.655 bits per heavy atom. The van der Waals surface area contributed by atoms with E-state index in [0.29, 0.717) is 17.5 Å². The normalized spacial score (nSPS) is 11.4. The van der Waals surface area contributed by atoms with E-state index in [1.165, 1.54) is 0 Å². The fourth-order valence-electron chi connectivity index (χ4n) is 7.64. The van der Waals surface area contributed by atoms with Gasteiger partial charge in [0.25, 0.3) is 0 Å². The molecule has 6 aromatic carbocycles. The van der Waals surface area contributed by atoms with Crippen molar-refractivity contribution in [3.05, 3.63) is 188 Å². The number of benzene rings is 6. The maximum absolute atomic E-state index is 5.26. The van der Waals surface area contributed by atoms with E-state index in [9.17, 15) is 0 Å². The number of rotatable bonds is 6. The Morgan fingerprint density at radius 3 is 1.22 bits per heavy atom. The summed E-state index contributed by atoms with van der Waals surface area (Å²) in [5.41, 5.74) is 11.8. The first-order valence-electron chi connectivity index (χ1n) is 19.1. The van der Waals surface area contributed by atoms with Crippen LogP contribution in [0.15, 0.2) is 188 Å². The summed E-state index contributed by atoms with van der Waals surface area (Å²) in [7, 11) is 0. The van der Waals surface area contributed by atoms with Gasteiger partial charge in [0.15, 0.2) is 17.5 Å². The van der Waals surface area contributed by atoms with Crippen LogP contribution in [-0.2, 0) is 0 Å². The van der Waals surface area contributed by atoms with Crippen LogP contribution in [-0.4, -0.2) is 34.9 Å². The molecular weight excluding hydrogens is 711 g/mol. The van der Waals surface area contributed by atoms with Gasteiger partial charge in [-0.15, -0.1) is 0 Å². The zero-order valence-corrected chi connectivity index (χ0v) is 31.0. The van der Waals surface area contributed by atoms with Crippen molar-refractivity contribution in [2.24, 2.45) is 0 Å². The van der Waals surface area contributed by atoms with Crippen LogP contribution in [0.1, 0.15) is 0 Å². The van der Waals surface area contributed by atoms with E-state index in [0.717, 1.165) is 93.9 Å². The van der Waals surface area contributed by atoms with Crippen LogP contribution in [0.2, 0.25) is 0 Å². The van der Waals surface area contributed by atoms with E-state index in [-0.39, 0.29) is 0 Å². The second-order valence-corrected chi connectivity index (χ2v) is 14.2. The molecule has 0 amide bonds. The summed E-state index contributed by atoms with van der Waals surface area (Å²) in [4.78, 5) is 35.0. The predicted octanol–water partition coefficient (Wildman–Crippen LogP) is 12.1. The Morgan fingerprint density at radius 1 is 0.241 bits per heavy atom. The Labute approximate surface area is 333 Å². The van der Waals surface area contributed by atoms with Crippen molar-refractivity contribution in [3.8, 4) is 67.8 Å². The molecule has 0 spiro atoms. The molecule has 270 valence electrons. The molecule has 0 saturated heterocycles. The molecule has 11 aromatic rings. The van der Waals surface area contributed by atoms with E-state index < -0.39 is 0 Å². The molecule has 5 aromatic heterocycles. The van der Waals surface area contributed by atoms with E-state index in [2.05, 4.69) is 108 Å². The number of fused-ring (bicyclic) bond motifs is 6. The highest BCUT2D eigenvalue weighted by molar-refractivity contribution is 6.04. The highest BCUT2D eigenvalue weighted by Gasteiger charge is 2.17. The summed E-state index contributed by atoms with van der Waals surface area (Å²) in [5.74, 6) is 1.77. The third-order valence-electron chi connectivity index (χ3n) is 10.5. The van der Waals surface area contributed by atoms with Gasteiger partial charge >= 0.3 is 0 Å². The van der Waals surface area contributed by atoms with Crippen molar-refractivity contribution in [1.29, 1.82) is 0 Å². The zero-order chi connectivity index (χ0) is 38.4. The maximum atomic E-state index is 5.26. The smallest absolute Gasteiger partial charge is 0.164 e. The topological polar surface area (TPSA) is 90.2 Å². The van der Waals surface area contributed by atoms with Crippen LogP contribution in [0.3, 0.4) is 0 Å². The van der Waals surface area contributed by atoms with Gasteiger partial charge in [0, 0.05) is 61.8 Å². The Hall–Kier alpha value is -8.03. The lowest BCUT2D eigenvalue weighted by Crippen LogP contribution is -2.00. The van der Waals surface area contributed by atoms with Crippen molar-refractivity contribution < 1.29 is 0 Å². The second kappa shape index (κ2) is 13.9. The summed E-state index contributed by atoms with van der Waals surface area (Å²) in [6, 6.07) is 59.9. The fraction of sp³-hybridized carbons (Fsp3) is 0. The fourth-order valence-corrected chi connectivity index (χ4v) is 7.64. The first kappa shape index (κ1) is 33.3. The average Bonchev–Trinajstić information content (AvgIpc) is 3.31. The first-order valence-corrected chi connectivity index (χ1v) is 19.1. The molecule has 0 atom stereocenters. The maximum Gasteiger partial charge on any atom is 0.164 e. The largest absolute Gasteiger partial charge is 0.254 e. The number of hydrogen-bond donors (Lipinski definition) is 0. The molecule has 5 heterocycles. The van der Waals surface area contributed by atoms with Gasteiger partial charge in [0.2, 0.25) is 0 Å². The molecule has 0 aliphatic rings. The minimum atomic E-state index is 0.565. The second-order valence-electron chi connectivity index (χ2n) is 14.2. The van der Waals surface area contributed by atoms with Crippen LogP contribution < -0.4 is 0 Å². The highest BCUT2D eigenvalue weighted by Crippen LogP contribution is 2.36. The van der Waals surface area contributed by atoms with Crippen molar-refractivity contribution >= 4 is 43.6 Å². The van der Waals surface area contributed by atoms with Crippen molar-refractivity contribution in [1.82, 2.24) is 34.9 Å². The van der Waals surface area contributed by atoms with Crippen molar-refractivity contribution in [2.75, 3.05) is 0 Å². The molecule has 58 heavy (non-hydrogen) atoms. The minimum Gasteiger partial charge on any atom is -0.254 e. The third kappa shape index (κ3) is 6.08. The van der Waals surface area contributed by atoms with Gasteiger partial charge in [0.1, 0.15) is 0 Å². The van der Waals surface area contributed by atoms with Crippen LogP contribution in [0, 0.1) is 0 Å². The molecule has 7 nitrogen and oxygen atoms in total. The zero-order valence-electron chi connectivity index (χ0n) is 31.0. The van der Waals surface area contributed by atoms with Gasteiger partial charge in [0.05, 0.1) is 33.5 Å². The molecule has 0 aliphatic carbocycles. The van der Waals surface area contributed by atoms with E-state index in [4.69, 9.17) is 29.9 Å². The lowest BCUT2D eigenvalue weighted by atomic mass is 9.95. The summed E-state index contributed by atoms with van der Waals surface area (Å²) < 4.78 is 0. The monoisotopic (exact) mass is 741 g/mol. The van der Waals surface area contributed by atoms with Gasteiger partial charge in [-0.05, 0) is 59.7 Å². The van der Waals surface area contributed by atoms with E-state index in [1.807, 2.05) is 85.2 Å². The third-order valence-corrected chi connectivity index (χ3v) is 10.5. The molecule has 0 bridgehead atoms. The number of pyridine rings is 4. The molecule has 0 N–H and O–H groups in total. The van der Waals surface area contributed by atoms with Gasteiger partial charge in [-0.1, -0.05) is 127 Å². The molecule has 7 heteroatoms. The number of hydrogen-bond acceptors (Lipinski definition) is 7. The van der Waals surface area contributed by atoms with E-state index in [1.54, 1.807) is 0 Å². The quantitative estimate of drug-likeness (QED) is 0.157. The summed E-state index contributed by atoms with van der Waals surface area (Å²) in [6.45, 7) is 0. The van der Waals surface area contributed by atoms with Crippen molar-refractivity contribution in [2.45, 2.75) is 0 Å². The highest BCUT2D eigenvalue weighted by atomic mass is 15.0. The SMILES string of the molecule is c1ccc(-c2nc(-c3ccccc3)nc(-c3cc(-c4cccc(-c5ccc6ccc7cccnc7c6n5)c4)cc(-c4ccc5ccc6cccnc6c5n4)c3)n2)cc1. The summed E-state index contributed by atoms with van der Waals surface area (Å²) >= 11 is 0. The number of nitrogens with zero attached hydrogens (tertiary/aromatic N) is 7. The Kier molecular flexibility index (Phi) is 8.00. The van der Waals surface area contributed by atoms with Crippen LogP contribution in [0.5, 0.6) is 0 Å². The molecule has 0 saturated carbocycles. The molecule has 0 unspecified atom stereocenters. The van der Waals surface area contributed by atoms with Gasteiger partial charge < -0.3 is 0 Å². The average molecular weight is 742 g/mol. The van der Waals surface area contributed by atoms with Gasteiger partial charge in [-0.3, -0.25) is 9.97 Å². The Bertz CT molecular complexity index is 3290. The molecule has 0 aliphatic heterocycles.